The van der Waals surface area contributed by atoms with Gasteiger partial charge in [0.05, 0.1) is 6.54 Å². The van der Waals surface area contributed by atoms with E-state index in [1.54, 1.807) is 0 Å². The molecule has 136 valence electrons. The van der Waals surface area contributed by atoms with Crippen molar-refractivity contribution in [2.24, 2.45) is 17.8 Å². The Kier molecular flexibility index (Phi) is 3.92. The molecule has 0 unspecified atom stereocenters. The lowest BCUT2D eigenvalue weighted by Crippen LogP contribution is -2.59. The van der Waals surface area contributed by atoms with E-state index >= 15 is 0 Å². The first-order chi connectivity index (χ1) is 12.2. The van der Waals surface area contributed by atoms with Crippen LogP contribution in [0.2, 0.25) is 0 Å². The molecule has 2 heterocycles. The summed E-state index contributed by atoms with van der Waals surface area (Å²) in [6, 6.07) is 3.86. The Bertz CT molecular complexity index is 609. The number of hydrogen-bond donors (Lipinski definition) is 1. The van der Waals surface area contributed by atoms with E-state index in [0.29, 0.717) is 5.76 Å². The van der Waals surface area contributed by atoms with Crippen LogP contribution in [0.4, 0.5) is 0 Å². The Hall–Kier alpha value is -1.29. The van der Waals surface area contributed by atoms with Gasteiger partial charge in [0.1, 0.15) is 5.76 Å². The highest BCUT2D eigenvalue weighted by Gasteiger charge is 2.51. The number of carbonyl (C=O) groups is 1. The minimum atomic E-state index is 0.00634. The third kappa shape index (κ3) is 3.14. The maximum absolute atomic E-state index is 12.8. The number of amides is 1. The first-order valence-electron chi connectivity index (χ1n) is 10.3. The highest BCUT2D eigenvalue weighted by molar-refractivity contribution is 5.92. The number of likely N-dealkylation sites (tertiary alicyclic amines) is 1. The van der Waals surface area contributed by atoms with Crippen LogP contribution in [0.25, 0.3) is 0 Å². The van der Waals surface area contributed by atoms with Gasteiger partial charge in [-0.25, -0.2) is 0 Å². The van der Waals surface area contributed by atoms with Gasteiger partial charge < -0.3 is 9.73 Å². The van der Waals surface area contributed by atoms with Crippen LogP contribution in [0, 0.1) is 17.8 Å². The van der Waals surface area contributed by atoms with Gasteiger partial charge in [-0.2, -0.15) is 0 Å². The number of hydrogen-bond acceptors (Lipinski definition) is 3. The first-order valence-corrected chi connectivity index (χ1v) is 10.3. The molecule has 0 radical (unpaired) electrons. The monoisotopic (exact) mass is 342 g/mol. The molecule has 4 saturated carbocycles. The molecular formula is C21H30N2O2. The zero-order chi connectivity index (χ0) is 16.9. The quantitative estimate of drug-likeness (QED) is 0.901. The molecule has 1 aliphatic heterocycles. The number of carbonyl (C=O) groups excluding carboxylic acids is 1. The van der Waals surface area contributed by atoms with E-state index in [2.05, 4.69) is 10.2 Å². The van der Waals surface area contributed by atoms with Crippen LogP contribution in [0.3, 0.4) is 0 Å². The Labute approximate surface area is 150 Å². The SMILES string of the molecule is O=C(NC12CC3CC(CC(C3)C1)C2)c1ccc(CN2CCCCC2)o1. The summed E-state index contributed by atoms with van der Waals surface area (Å²) in [5, 5.41) is 3.41. The van der Waals surface area contributed by atoms with Crippen molar-refractivity contribution in [1.29, 1.82) is 0 Å². The fraction of sp³-hybridized carbons (Fsp3) is 0.762. The second kappa shape index (κ2) is 6.15. The molecule has 5 aliphatic rings. The summed E-state index contributed by atoms with van der Waals surface area (Å²) < 4.78 is 5.91. The molecule has 1 aromatic heterocycles. The summed E-state index contributed by atoms with van der Waals surface area (Å²) >= 11 is 0. The topological polar surface area (TPSA) is 45.5 Å². The molecule has 4 aliphatic carbocycles. The normalized spacial score (nSPS) is 37.4. The van der Waals surface area contributed by atoms with E-state index < -0.39 is 0 Å². The van der Waals surface area contributed by atoms with Crippen molar-refractivity contribution in [1.82, 2.24) is 10.2 Å². The summed E-state index contributed by atoms with van der Waals surface area (Å²) in [5.41, 5.74) is 0.0612. The third-order valence-corrected chi connectivity index (χ3v) is 7.13. The van der Waals surface area contributed by atoms with Gasteiger partial charge >= 0.3 is 0 Å². The van der Waals surface area contributed by atoms with E-state index in [4.69, 9.17) is 4.42 Å². The molecule has 6 rings (SSSR count). The van der Waals surface area contributed by atoms with Crippen molar-refractivity contribution in [3.63, 3.8) is 0 Å². The van der Waals surface area contributed by atoms with Crippen molar-refractivity contribution in [2.75, 3.05) is 13.1 Å². The Morgan fingerprint density at radius 2 is 1.68 bits per heavy atom. The second-order valence-corrected chi connectivity index (χ2v) is 9.25. The van der Waals surface area contributed by atoms with Crippen molar-refractivity contribution in [3.05, 3.63) is 23.7 Å². The lowest BCUT2D eigenvalue weighted by atomic mass is 9.53. The van der Waals surface area contributed by atoms with E-state index in [0.717, 1.165) is 43.1 Å². The molecule has 0 aromatic carbocycles. The van der Waals surface area contributed by atoms with E-state index in [-0.39, 0.29) is 11.4 Å². The smallest absolute Gasteiger partial charge is 0.287 e. The van der Waals surface area contributed by atoms with Crippen LogP contribution in [-0.2, 0) is 6.54 Å². The first kappa shape index (κ1) is 15.9. The molecule has 1 N–H and O–H groups in total. The maximum Gasteiger partial charge on any atom is 0.287 e. The predicted molar refractivity (Wildman–Crippen MR) is 96.2 cm³/mol. The van der Waals surface area contributed by atoms with Gasteiger partial charge in [0.25, 0.3) is 5.91 Å². The van der Waals surface area contributed by atoms with Crippen molar-refractivity contribution in [3.8, 4) is 0 Å². The molecule has 1 aromatic rings. The van der Waals surface area contributed by atoms with Crippen LogP contribution in [-0.4, -0.2) is 29.4 Å². The van der Waals surface area contributed by atoms with Crippen LogP contribution < -0.4 is 5.32 Å². The van der Waals surface area contributed by atoms with Gasteiger partial charge in [-0.05, 0) is 94.3 Å². The van der Waals surface area contributed by atoms with Crippen molar-refractivity contribution in [2.45, 2.75) is 69.9 Å². The highest BCUT2D eigenvalue weighted by Crippen LogP contribution is 2.55. The maximum atomic E-state index is 12.8. The summed E-state index contributed by atoms with van der Waals surface area (Å²) in [5.74, 6) is 3.97. The molecule has 4 bridgehead atoms. The fourth-order valence-corrected chi connectivity index (χ4v) is 6.49. The molecule has 0 spiro atoms. The predicted octanol–water partition coefficient (Wildman–Crippen LogP) is 3.96. The number of nitrogens with one attached hydrogen (secondary N) is 1. The molecular weight excluding hydrogens is 312 g/mol. The van der Waals surface area contributed by atoms with Crippen molar-refractivity contribution < 1.29 is 9.21 Å². The van der Waals surface area contributed by atoms with Crippen LogP contribution in [0.5, 0.6) is 0 Å². The van der Waals surface area contributed by atoms with Crippen molar-refractivity contribution >= 4 is 5.91 Å². The Morgan fingerprint density at radius 1 is 1.04 bits per heavy atom. The second-order valence-electron chi connectivity index (χ2n) is 9.25. The van der Waals surface area contributed by atoms with Gasteiger partial charge in [-0.3, -0.25) is 9.69 Å². The summed E-state index contributed by atoms with van der Waals surface area (Å²) in [4.78, 5) is 15.2. The van der Waals surface area contributed by atoms with Gasteiger partial charge in [0.15, 0.2) is 5.76 Å². The lowest BCUT2D eigenvalue weighted by molar-refractivity contribution is -0.0171. The Morgan fingerprint density at radius 3 is 2.32 bits per heavy atom. The zero-order valence-corrected chi connectivity index (χ0v) is 15.1. The molecule has 4 heteroatoms. The zero-order valence-electron chi connectivity index (χ0n) is 15.1. The van der Waals surface area contributed by atoms with Gasteiger partial charge in [0, 0.05) is 5.54 Å². The standard InChI is InChI=1S/C21H30N2O2/c24-20(19-5-4-18(25-19)14-23-6-2-1-3-7-23)22-21-11-15-8-16(12-21)10-17(9-15)13-21/h4-5,15-17H,1-3,6-14H2,(H,22,24). The molecule has 1 saturated heterocycles. The molecule has 4 nitrogen and oxygen atoms in total. The van der Waals surface area contributed by atoms with E-state index in [1.165, 1.54) is 57.8 Å². The van der Waals surface area contributed by atoms with Crippen LogP contribution >= 0.6 is 0 Å². The van der Waals surface area contributed by atoms with E-state index in [9.17, 15) is 4.79 Å². The molecule has 5 fully saturated rings. The minimum Gasteiger partial charge on any atom is -0.455 e. The molecule has 1 amide bonds. The largest absolute Gasteiger partial charge is 0.455 e. The summed E-state index contributed by atoms with van der Waals surface area (Å²) in [7, 11) is 0. The summed E-state index contributed by atoms with van der Waals surface area (Å²) in [6.07, 6.45) is 11.7. The molecule has 25 heavy (non-hydrogen) atoms. The number of piperidine rings is 1. The van der Waals surface area contributed by atoms with Crippen LogP contribution in [0.15, 0.2) is 16.5 Å². The lowest BCUT2D eigenvalue weighted by Gasteiger charge is -2.56. The fourth-order valence-electron chi connectivity index (χ4n) is 6.49. The van der Waals surface area contributed by atoms with E-state index in [1.807, 2.05) is 12.1 Å². The number of nitrogens with zero attached hydrogens (tertiary/aromatic N) is 1. The number of rotatable bonds is 4. The number of furan rings is 1. The van der Waals surface area contributed by atoms with Gasteiger partial charge in [-0.15, -0.1) is 0 Å². The van der Waals surface area contributed by atoms with Crippen LogP contribution in [0.1, 0.15) is 74.1 Å². The van der Waals surface area contributed by atoms with Gasteiger partial charge in [0.2, 0.25) is 0 Å². The van der Waals surface area contributed by atoms with Gasteiger partial charge in [-0.1, -0.05) is 6.42 Å². The minimum absolute atomic E-state index is 0.00634. The average Bonchev–Trinajstić information content (AvgIpc) is 3.03. The molecule has 0 atom stereocenters. The summed E-state index contributed by atoms with van der Waals surface area (Å²) in [6.45, 7) is 3.13. The average molecular weight is 342 g/mol. The third-order valence-electron chi connectivity index (χ3n) is 7.13. The Balaban J connectivity index is 1.24. The highest BCUT2D eigenvalue weighted by atomic mass is 16.4.